The molecule has 170 valence electrons. The van der Waals surface area contributed by atoms with E-state index in [0.29, 0.717) is 13.1 Å². The van der Waals surface area contributed by atoms with Crippen molar-refractivity contribution < 1.29 is 9.59 Å². The van der Waals surface area contributed by atoms with Gasteiger partial charge in [-0.1, -0.05) is 85.8 Å². The molecule has 2 fully saturated rings. The van der Waals surface area contributed by atoms with Gasteiger partial charge in [-0.15, -0.1) is 0 Å². The van der Waals surface area contributed by atoms with E-state index in [9.17, 15) is 9.59 Å². The van der Waals surface area contributed by atoms with Gasteiger partial charge in [-0.25, -0.2) is 10.0 Å². The Morgan fingerprint density at radius 1 is 0.941 bits per heavy atom. The van der Waals surface area contributed by atoms with Crippen LogP contribution in [0.1, 0.15) is 29.7 Å². The number of anilines is 1. The van der Waals surface area contributed by atoms with Gasteiger partial charge in [0.05, 0.1) is 24.2 Å². The Balaban J connectivity index is 1.55. The van der Waals surface area contributed by atoms with Crippen LogP contribution in [0, 0.1) is 5.92 Å². The van der Waals surface area contributed by atoms with Gasteiger partial charge >= 0.3 is 0 Å². The number of carbonyl (C=O) groups excluding carboxylic acids is 2. The molecule has 34 heavy (non-hydrogen) atoms. The first-order valence-corrected chi connectivity index (χ1v) is 11.9. The van der Waals surface area contributed by atoms with Crippen LogP contribution in [0.5, 0.6) is 0 Å². The van der Waals surface area contributed by atoms with Crippen LogP contribution in [0.2, 0.25) is 0 Å². The standard InChI is InChI=1S/C27H24N4O2S/c1-18-16-30-23(20-12-6-3-7-13-20)27(28-26(34)31(30)24(18)32)21-14-8-9-15-22(21)29(25(27)33)17-19-10-4-2-5-11-19/h2-15,18,23H,16-17H2,1H3,(H,28,34)/t18?,23-,27-/m1/s1. The number of nitrogens with one attached hydrogen (secondary N) is 1. The lowest BCUT2D eigenvalue weighted by molar-refractivity contribution is -0.144. The van der Waals surface area contributed by atoms with Gasteiger partial charge in [-0.3, -0.25) is 9.59 Å². The fourth-order valence-corrected chi connectivity index (χ4v) is 5.93. The summed E-state index contributed by atoms with van der Waals surface area (Å²) in [6.45, 7) is 2.85. The molecule has 0 aromatic heterocycles. The van der Waals surface area contributed by atoms with Crippen molar-refractivity contribution in [2.75, 3.05) is 11.4 Å². The number of hydrogen-bond acceptors (Lipinski definition) is 4. The molecule has 6 nitrogen and oxygen atoms in total. The highest BCUT2D eigenvalue weighted by Crippen LogP contribution is 2.53. The van der Waals surface area contributed by atoms with Crippen LogP contribution in [0.25, 0.3) is 0 Å². The zero-order valence-corrected chi connectivity index (χ0v) is 19.5. The molecule has 2 saturated heterocycles. The number of hydrogen-bond donors (Lipinski definition) is 1. The lowest BCUT2D eigenvalue weighted by Crippen LogP contribution is -2.69. The fourth-order valence-electron chi connectivity index (χ4n) is 5.57. The second kappa shape index (κ2) is 7.75. The van der Waals surface area contributed by atoms with Gasteiger partial charge < -0.3 is 10.2 Å². The van der Waals surface area contributed by atoms with Crippen LogP contribution in [0.3, 0.4) is 0 Å². The number of benzene rings is 3. The predicted octanol–water partition coefficient (Wildman–Crippen LogP) is 3.75. The van der Waals surface area contributed by atoms with Crippen LogP contribution in [0.4, 0.5) is 5.69 Å². The summed E-state index contributed by atoms with van der Waals surface area (Å²) in [5.41, 5.74) is 2.58. The highest BCUT2D eigenvalue weighted by Gasteiger charge is 2.64. The maximum atomic E-state index is 14.5. The van der Waals surface area contributed by atoms with Crippen LogP contribution >= 0.6 is 12.2 Å². The zero-order valence-electron chi connectivity index (χ0n) is 18.7. The molecule has 2 amide bonds. The summed E-state index contributed by atoms with van der Waals surface area (Å²) in [5.74, 6) is -0.332. The largest absolute Gasteiger partial charge is 0.341 e. The maximum absolute atomic E-state index is 14.5. The second-order valence-electron chi connectivity index (χ2n) is 9.12. The summed E-state index contributed by atoms with van der Waals surface area (Å²) in [5, 5.41) is 7.20. The van der Waals surface area contributed by atoms with E-state index in [1.165, 1.54) is 0 Å². The Morgan fingerprint density at radius 3 is 2.32 bits per heavy atom. The van der Waals surface area contributed by atoms with E-state index < -0.39 is 11.6 Å². The van der Waals surface area contributed by atoms with Gasteiger partial charge in [-0.05, 0) is 29.4 Å². The van der Waals surface area contributed by atoms with Gasteiger partial charge in [0.25, 0.3) is 5.91 Å². The number of rotatable bonds is 3. The maximum Gasteiger partial charge on any atom is 0.259 e. The molecule has 3 atom stereocenters. The smallest absolute Gasteiger partial charge is 0.259 e. The topological polar surface area (TPSA) is 55.9 Å². The van der Waals surface area contributed by atoms with Crippen molar-refractivity contribution in [1.82, 2.24) is 15.3 Å². The average Bonchev–Trinajstić information content (AvgIpc) is 3.28. The molecule has 1 spiro atoms. The molecule has 0 aliphatic carbocycles. The minimum Gasteiger partial charge on any atom is -0.341 e. The van der Waals surface area contributed by atoms with E-state index in [2.05, 4.69) is 5.32 Å². The molecule has 0 radical (unpaired) electrons. The normalized spacial score (nSPS) is 26.1. The summed E-state index contributed by atoms with van der Waals surface area (Å²) in [4.78, 5) is 29.4. The summed E-state index contributed by atoms with van der Waals surface area (Å²) >= 11 is 5.72. The van der Waals surface area contributed by atoms with Gasteiger partial charge in [0.2, 0.25) is 5.91 Å². The number of hydrazine groups is 1. The van der Waals surface area contributed by atoms with Gasteiger partial charge in [0.15, 0.2) is 10.7 Å². The molecular formula is C27H24N4O2S. The predicted molar refractivity (Wildman–Crippen MR) is 133 cm³/mol. The van der Waals surface area contributed by atoms with Crippen molar-refractivity contribution >= 4 is 34.8 Å². The summed E-state index contributed by atoms with van der Waals surface area (Å²) in [7, 11) is 0. The number of fused-ring (bicyclic) bond motifs is 3. The fraction of sp³-hybridized carbons (Fsp3) is 0.222. The molecule has 6 rings (SSSR count). The zero-order chi connectivity index (χ0) is 23.4. The quantitative estimate of drug-likeness (QED) is 0.594. The van der Waals surface area contributed by atoms with E-state index in [4.69, 9.17) is 12.2 Å². The molecule has 0 bridgehead atoms. The molecule has 1 unspecified atom stereocenters. The minimum atomic E-state index is -1.15. The summed E-state index contributed by atoms with van der Waals surface area (Å²) < 4.78 is 0. The van der Waals surface area contributed by atoms with Crippen LogP contribution < -0.4 is 10.2 Å². The monoisotopic (exact) mass is 468 g/mol. The number of para-hydroxylation sites is 1. The molecular weight excluding hydrogens is 444 g/mol. The molecule has 3 aromatic rings. The van der Waals surface area contributed by atoms with E-state index >= 15 is 0 Å². The Hall–Kier alpha value is -3.55. The third-order valence-electron chi connectivity index (χ3n) is 7.05. The first-order valence-electron chi connectivity index (χ1n) is 11.5. The van der Waals surface area contributed by atoms with E-state index in [0.717, 1.165) is 22.4 Å². The van der Waals surface area contributed by atoms with E-state index in [1.54, 1.807) is 5.01 Å². The number of nitrogens with zero attached hydrogens (tertiary/aromatic N) is 3. The second-order valence-corrected chi connectivity index (χ2v) is 9.51. The highest BCUT2D eigenvalue weighted by molar-refractivity contribution is 7.80. The molecule has 3 aromatic carbocycles. The third-order valence-corrected chi connectivity index (χ3v) is 7.33. The van der Waals surface area contributed by atoms with Crippen molar-refractivity contribution in [1.29, 1.82) is 0 Å². The number of thiocarbonyl (C=S) groups is 1. The number of carbonyl (C=O) groups is 2. The lowest BCUT2D eigenvalue weighted by atomic mass is 9.79. The lowest BCUT2D eigenvalue weighted by Gasteiger charge is -2.50. The van der Waals surface area contributed by atoms with Gasteiger partial charge in [0.1, 0.15) is 0 Å². The molecule has 7 heteroatoms. The molecule has 0 saturated carbocycles. The van der Waals surface area contributed by atoms with Crippen molar-refractivity contribution in [2.45, 2.75) is 25.0 Å². The Kier molecular flexibility index (Phi) is 4.79. The summed E-state index contributed by atoms with van der Waals surface area (Å²) in [6, 6.07) is 27.4. The highest BCUT2D eigenvalue weighted by atomic mass is 32.1. The molecule has 1 N–H and O–H groups in total. The van der Waals surface area contributed by atoms with Gasteiger partial charge in [0, 0.05) is 12.1 Å². The Labute approximate surface area is 203 Å². The van der Waals surface area contributed by atoms with E-state index in [-0.39, 0.29) is 22.8 Å². The van der Waals surface area contributed by atoms with Crippen molar-refractivity contribution in [3.8, 4) is 0 Å². The van der Waals surface area contributed by atoms with Crippen LogP contribution in [-0.4, -0.2) is 33.5 Å². The van der Waals surface area contributed by atoms with Crippen LogP contribution in [0.15, 0.2) is 84.9 Å². The van der Waals surface area contributed by atoms with Crippen molar-refractivity contribution in [3.05, 3.63) is 102 Å². The molecule has 3 aliphatic rings. The summed E-state index contributed by atoms with van der Waals surface area (Å²) in [6.07, 6.45) is 0. The van der Waals surface area contributed by atoms with Crippen LogP contribution in [-0.2, 0) is 21.7 Å². The van der Waals surface area contributed by atoms with Crippen molar-refractivity contribution in [3.63, 3.8) is 0 Å². The molecule has 3 aliphatic heterocycles. The third kappa shape index (κ3) is 2.87. The average molecular weight is 469 g/mol. The number of amides is 2. The first-order chi connectivity index (χ1) is 16.5. The minimum absolute atomic E-state index is 0.0480. The Bertz CT molecular complexity index is 1300. The Morgan fingerprint density at radius 2 is 1.59 bits per heavy atom. The van der Waals surface area contributed by atoms with Crippen molar-refractivity contribution in [2.24, 2.45) is 5.92 Å². The SMILES string of the molecule is CC1CN2[C@H](c3ccccc3)[C@@]3(NC(=S)N2C1=O)C(=O)N(Cc1ccccc1)c1ccccc13. The first kappa shape index (κ1) is 21.0. The molecule has 3 heterocycles. The van der Waals surface area contributed by atoms with Gasteiger partial charge in [-0.2, -0.15) is 0 Å². The van der Waals surface area contributed by atoms with E-state index in [1.807, 2.05) is 102 Å².